The zero-order chi connectivity index (χ0) is 18.5. The SMILES string of the molecule is CCCC(C(=O)OC(C)(C)C)C(C)(C)C(=O)OCC1N[C@H](C)CO1. The van der Waals surface area contributed by atoms with Crippen LogP contribution in [0.4, 0.5) is 0 Å². The van der Waals surface area contributed by atoms with Gasteiger partial charge in [0, 0.05) is 6.04 Å². The van der Waals surface area contributed by atoms with E-state index in [1.54, 1.807) is 13.8 Å². The van der Waals surface area contributed by atoms with Crippen LogP contribution in [0.5, 0.6) is 0 Å². The van der Waals surface area contributed by atoms with Crippen LogP contribution >= 0.6 is 0 Å². The molecule has 24 heavy (non-hydrogen) atoms. The minimum Gasteiger partial charge on any atom is -0.461 e. The van der Waals surface area contributed by atoms with Crippen LogP contribution in [0, 0.1) is 11.3 Å². The summed E-state index contributed by atoms with van der Waals surface area (Å²) >= 11 is 0. The third-order valence-electron chi connectivity index (χ3n) is 4.05. The largest absolute Gasteiger partial charge is 0.461 e. The van der Waals surface area contributed by atoms with Crippen LogP contribution in [-0.4, -0.2) is 43.0 Å². The topological polar surface area (TPSA) is 73.9 Å². The first-order valence-corrected chi connectivity index (χ1v) is 8.75. The van der Waals surface area contributed by atoms with E-state index in [-0.39, 0.29) is 24.8 Å². The van der Waals surface area contributed by atoms with Crippen molar-refractivity contribution in [3.05, 3.63) is 0 Å². The van der Waals surface area contributed by atoms with Crippen molar-refractivity contribution < 1.29 is 23.8 Å². The van der Waals surface area contributed by atoms with Crippen LogP contribution < -0.4 is 5.32 Å². The lowest BCUT2D eigenvalue weighted by atomic mass is 9.76. The van der Waals surface area contributed by atoms with Gasteiger partial charge in [0.05, 0.1) is 17.9 Å². The fourth-order valence-corrected chi connectivity index (χ4v) is 2.68. The molecule has 0 radical (unpaired) electrons. The summed E-state index contributed by atoms with van der Waals surface area (Å²) in [6, 6.07) is 0.247. The molecule has 0 aromatic rings. The van der Waals surface area contributed by atoms with E-state index in [0.717, 1.165) is 6.42 Å². The predicted octanol–water partition coefficient (Wildman–Crippen LogP) is 2.65. The van der Waals surface area contributed by atoms with Gasteiger partial charge in [0.25, 0.3) is 0 Å². The first kappa shape index (κ1) is 20.9. The van der Waals surface area contributed by atoms with Crippen LogP contribution in [0.1, 0.15) is 61.3 Å². The minimum absolute atomic E-state index is 0.139. The van der Waals surface area contributed by atoms with E-state index in [9.17, 15) is 9.59 Å². The summed E-state index contributed by atoms with van der Waals surface area (Å²) in [6.45, 7) is 13.7. The Morgan fingerprint density at radius 1 is 1.25 bits per heavy atom. The van der Waals surface area contributed by atoms with Crippen molar-refractivity contribution in [2.75, 3.05) is 13.2 Å². The van der Waals surface area contributed by atoms with Gasteiger partial charge in [-0.15, -0.1) is 0 Å². The second kappa shape index (κ2) is 8.30. The number of carbonyl (C=O) groups is 2. The lowest BCUT2D eigenvalue weighted by Gasteiger charge is -2.33. The normalized spacial score (nSPS) is 23.0. The third-order valence-corrected chi connectivity index (χ3v) is 4.05. The molecule has 0 amide bonds. The lowest BCUT2D eigenvalue weighted by molar-refractivity contribution is -0.175. The Morgan fingerprint density at radius 2 is 1.88 bits per heavy atom. The highest BCUT2D eigenvalue weighted by Gasteiger charge is 2.44. The highest BCUT2D eigenvalue weighted by molar-refractivity contribution is 5.85. The molecule has 0 aliphatic carbocycles. The molecular weight excluding hydrogens is 310 g/mol. The summed E-state index contributed by atoms with van der Waals surface area (Å²) in [4.78, 5) is 25.1. The molecule has 2 unspecified atom stereocenters. The summed E-state index contributed by atoms with van der Waals surface area (Å²) < 4.78 is 16.4. The molecule has 3 atom stereocenters. The van der Waals surface area contributed by atoms with E-state index in [0.29, 0.717) is 13.0 Å². The maximum absolute atomic E-state index is 12.6. The first-order chi connectivity index (χ1) is 11.0. The second-order valence-electron chi connectivity index (χ2n) is 8.08. The van der Waals surface area contributed by atoms with Gasteiger partial charge in [-0.2, -0.15) is 0 Å². The molecule has 1 saturated heterocycles. The Morgan fingerprint density at radius 3 is 2.33 bits per heavy atom. The van der Waals surface area contributed by atoms with E-state index in [1.165, 1.54) is 0 Å². The van der Waals surface area contributed by atoms with Crippen molar-refractivity contribution in [1.82, 2.24) is 5.32 Å². The van der Waals surface area contributed by atoms with Crippen LogP contribution in [0.25, 0.3) is 0 Å². The quantitative estimate of drug-likeness (QED) is 0.716. The van der Waals surface area contributed by atoms with Gasteiger partial charge in [0.1, 0.15) is 18.4 Å². The number of carbonyl (C=O) groups excluding carboxylic acids is 2. The monoisotopic (exact) mass is 343 g/mol. The summed E-state index contributed by atoms with van der Waals surface area (Å²) in [5.74, 6) is -1.29. The zero-order valence-corrected chi connectivity index (χ0v) is 16.1. The average molecular weight is 343 g/mol. The minimum atomic E-state index is -0.956. The molecule has 6 nitrogen and oxygen atoms in total. The second-order valence-corrected chi connectivity index (χ2v) is 8.08. The van der Waals surface area contributed by atoms with Crippen molar-refractivity contribution >= 4 is 11.9 Å². The van der Waals surface area contributed by atoms with Crippen LogP contribution in [0.2, 0.25) is 0 Å². The summed E-state index contributed by atoms with van der Waals surface area (Å²) in [5.41, 5.74) is -1.54. The third kappa shape index (κ3) is 6.06. The van der Waals surface area contributed by atoms with Gasteiger partial charge in [0.2, 0.25) is 0 Å². The molecule has 1 heterocycles. The molecule has 0 aromatic carbocycles. The first-order valence-electron chi connectivity index (χ1n) is 8.75. The van der Waals surface area contributed by atoms with Crippen LogP contribution in [0.3, 0.4) is 0 Å². The Labute approximate surface area is 145 Å². The van der Waals surface area contributed by atoms with Gasteiger partial charge in [-0.3, -0.25) is 14.9 Å². The number of nitrogens with one attached hydrogen (secondary N) is 1. The fraction of sp³-hybridized carbons (Fsp3) is 0.889. The van der Waals surface area contributed by atoms with Gasteiger partial charge in [0.15, 0.2) is 0 Å². The average Bonchev–Trinajstić information content (AvgIpc) is 2.85. The number of rotatable bonds is 7. The van der Waals surface area contributed by atoms with Crippen LogP contribution in [-0.2, 0) is 23.8 Å². The van der Waals surface area contributed by atoms with Crippen molar-refractivity contribution in [3.8, 4) is 0 Å². The Hall–Kier alpha value is -1.14. The molecule has 0 bridgehead atoms. The standard InChI is InChI=1S/C18H33NO5/c1-8-9-13(15(20)24-17(3,4)5)18(6,7)16(21)23-11-14-19-12(2)10-22-14/h12-14,19H,8-11H2,1-7H3/t12-,13?,14?/m1/s1. The van der Waals surface area contributed by atoms with Gasteiger partial charge < -0.3 is 14.2 Å². The predicted molar refractivity (Wildman–Crippen MR) is 91.3 cm³/mol. The number of esters is 2. The Balaban J connectivity index is 2.71. The molecule has 1 rings (SSSR count). The molecule has 0 spiro atoms. The lowest BCUT2D eigenvalue weighted by Crippen LogP contribution is -2.43. The Bertz CT molecular complexity index is 441. The Kier molecular flexibility index (Phi) is 7.23. The maximum atomic E-state index is 12.6. The summed E-state index contributed by atoms with van der Waals surface area (Å²) in [5, 5.41) is 3.18. The van der Waals surface area contributed by atoms with E-state index in [4.69, 9.17) is 14.2 Å². The number of ether oxygens (including phenoxy) is 3. The molecule has 140 valence electrons. The van der Waals surface area contributed by atoms with Crippen molar-refractivity contribution in [2.24, 2.45) is 11.3 Å². The molecule has 1 aliphatic rings. The van der Waals surface area contributed by atoms with E-state index < -0.39 is 22.9 Å². The van der Waals surface area contributed by atoms with Gasteiger partial charge in [-0.1, -0.05) is 13.3 Å². The molecule has 1 N–H and O–H groups in total. The number of hydrogen-bond donors (Lipinski definition) is 1. The van der Waals surface area contributed by atoms with Gasteiger partial charge >= 0.3 is 11.9 Å². The molecule has 0 aromatic heterocycles. The summed E-state index contributed by atoms with van der Waals surface area (Å²) in [7, 11) is 0. The molecular formula is C18H33NO5. The summed E-state index contributed by atoms with van der Waals surface area (Å²) in [6.07, 6.45) is 1.07. The van der Waals surface area contributed by atoms with Crippen molar-refractivity contribution in [1.29, 1.82) is 0 Å². The highest BCUT2D eigenvalue weighted by Crippen LogP contribution is 2.34. The van der Waals surface area contributed by atoms with E-state index >= 15 is 0 Å². The van der Waals surface area contributed by atoms with Gasteiger partial charge in [-0.05, 0) is 48.0 Å². The van der Waals surface area contributed by atoms with Crippen molar-refractivity contribution in [2.45, 2.75) is 79.2 Å². The molecule has 0 saturated carbocycles. The zero-order valence-electron chi connectivity index (χ0n) is 16.1. The van der Waals surface area contributed by atoms with Crippen LogP contribution in [0.15, 0.2) is 0 Å². The maximum Gasteiger partial charge on any atom is 0.312 e. The molecule has 6 heteroatoms. The van der Waals surface area contributed by atoms with Gasteiger partial charge in [-0.25, -0.2) is 0 Å². The smallest absolute Gasteiger partial charge is 0.312 e. The fourth-order valence-electron chi connectivity index (χ4n) is 2.68. The van der Waals surface area contributed by atoms with E-state index in [1.807, 2.05) is 34.6 Å². The number of hydrogen-bond acceptors (Lipinski definition) is 6. The molecule has 1 aliphatic heterocycles. The van der Waals surface area contributed by atoms with E-state index in [2.05, 4.69) is 5.32 Å². The van der Waals surface area contributed by atoms with Crippen molar-refractivity contribution in [3.63, 3.8) is 0 Å². The highest BCUT2D eigenvalue weighted by atomic mass is 16.6. The molecule has 1 fully saturated rings.